The molecule has 0 aliphatic rings. The van der Waals surface area contributed by atoms with Gasteiger partial charge in [-0.3, -0.25) is 0 Å². The first-order valence-corrected chi connectivity index (χ1v) is 25.2. The maximum absolute atomic E-state index is 4.50. The van der Waals surface area contributed by atoms with E-state index < -0.39 is 0 Å². The number of fused-ring (bicyclic) bond motifs is 5. The Morgan fingerprint density at radius 1 is 0.386 bits per heavy atom. The molecule has 10 aromatic carbocycles. The largest absolute Gasteiger partial charge is 0.314 e. The Morgan fingerprint density at radius 2 is 0.900 bits per heavy atom. The van der Waals surface area contributed by atoms with Crippen LogP contribution in [-0.4, -0.2) is 0 Å². The van der Waals surface area contributed by atoms with Crippen LogP contribution < -0.4 is 24.5 Å². The van der Waals surface area contributed by atoms with E-state index in [4.69, 9.17) is 0 Å². The van der Waals surface area contributed by atoms with Gasteiger partial charge in [0.05, 0.1) is 5.69 Å². The fourth-order valence-electron chi connectivity index (χ4n) is 9.77. The van der Waals surface area contributed by atoms with Gasteiger partial charge in [0.1, 0.15) is 0 Å². The van der Waals surface area contributed by atoms with Gasteiger partial charge < -0.3 is 14.7 Å². The second-order valence-corrected chi connectivity index (χ2v) is 19.7. The third kappa shape index (κ3) is 8.11. The summed E-state index contributed by atoms with van der Waals surface area (Å²) in [4.78, 5) is 7.10. The normalized spacial score (nSPS) is 12.0. The van der Waals surface area contributed by atoms with E-state index in [2.05, 4.69) is 283 Å². The molecular weight excluding hydrogens is 887 g/mol. The molecule has 0 saturated heterocycles. The number of thiophene rings is 2. The lowest BCUT2D eigenvalue weighted by atomic mass is 10.0. The number of rotatable bonds is 11. The fraction of sp³-hybridized carbons (Fsp3) is 0.0154. The first-order valence-electron chi connectivity index (χ1n) is 23.6. The van der Waals surface area contributed by atoms with E-state index in [0.29, 0.717) is 0 Å². The van der Waals surface area contributed by atoms with Crippen LogP contribution in [0.25, 0.3) is 64.8 Å². The molecule has 0 atom stereocenters. The average molecular weight is 934 g/mol. The summed E-state index contributed by atoms with van der Waals surface area (Å²) in [5, 5.41) is 7.19. The summed E-state index contributed by atoms with van der Waals surface area (Å²) in [6.07, 6.45) is 4.47. The van der Waals surface area contributed by atoms with E-state index in [1.165, 1.54) is 46.6 Å². The summed E-state index contributed by atoms with van der Waals surface area (Å²) in [6.45, 7) is 6.70. The van der Waals surface area contributed by atoms with Crippen molar-refractivity contribution < 1.29 is 0 Å². The van der Waals surface area contributed by atoms with E-state index in [-0.39, 0.29) is 0 Å². The maximum Gasteiger partial charge on any atom is 0.0540 e. The molecule has 3 nitrogen and oxygen atoms in total. The molecular formula is C65H47N3S2. The van der Waals surface area contributed by atoms with E-state index >= 15 is 0 Å². The van der Waals surface area contributed by atoms with Crippen LogP contribution in [0.1, 0.15) is 6.92 Å². The Balaban J connectivity index is 0.978. The standard InChI is InChI=1S/C65H47N3S2/c1-45(35-38-62-46(2)57-31-14-15-34-63(57)69-62)66(54-29-18-30-55(43-54)67(50-22-6-3-7-23-50)51-24-8-4-9-25-51)53-28-16-21-48(41-53)49-36-39-64-59(42-49)60-44-56(37-40-65(60)70-64)68(52-26-10-5-11-27-52)61-33-17-20-47-19-12-13-32-58(47)61/h3-44H,2H2,1H3/b45-35+,62-38+. The molecule has 0 amide bonds. The Labute approximate surface area is 416 Å². The molecule has 2 heterocycles. The third-order valence-electron chi connectivity index (χ3n) is 13.1. The van der Waals surface area contributed by atoms with Gasteiger partial charge in [-0.05, 0) is 155 Å². The number of anilines is 8. The minimum Gasteiger partial charge on any atom is -0.314 e. The molecule has 0 radical (unpaired) electrons. The molecule has 2 aromatic heterocycles. The molecule has 0 spiro atoms. The van der Waals surface area contributed by atoms with Crippen molar-refractivity contribution in [2.75, 3.05) is 14.7 Å². The van der Waals surface area contributed by atoms with Gasteiger partial charge in [-0.2, -0.15) is 0 Å². The minimum atomic E-state index is 1.06. The second-order valence-electron chi connectivity index (χ2n) is 17.5. The van der Waals surface area contributed by atoms with Gasteiger partial charge in [-0.1, -0.05) is 140 Å². The van der Waals surface area contributed by atoms with E-state index in [1.54, 1.807) is 11.3 Å². The minimum absolute atomic E-state index is 1.06. The molecule has 0 aliphatic heterocycles. The SMILES string of the molecule is C=c1/c(=C\C=C(/C)N(c2cccc(-c3ccc4sc5ccc(N(c6ccccc6)c6cccc7ccccc67)cc5c4c3)c2)c2cccc(N(c3ccccc3)c3ccccc3)c2)sc2ccccc12. The second kappa shape index (κ2) is 18.5. The number of para-hydroxylation sites is 3. The Kier molecular flexibility index (Phi) is 11.4. The highest BCUT2D eigenvalue weighted by Gasteiger charge is 2.20. The summed E-state index contributed by atoms with van der Waals surface area (Å²) in [6, 6.07) is 87.5. The number of benzene rings is 10. The lowest BCUT2D eigenvalue weighted by Gasteiger charge is -2.30. The summed E-state index contributed by atoms with van der Waals surface area (Å²) in [7, 11) is 0. The topological polar surface area (TPSA) is 9.72 Å². The van der Waals surface area contributed by atoms with E-state index in [0.717, 1.165) is 66.5 Å². The molecule has 0 N–H and O–H groups in total. The van der Waals surface area contributed by atoms with Crippen LogP contribution in [0.3, 0.4) is 0 Å². The van der Waals surface area contributed by atoms with Crippen molar-refractivity contribution in [3.05, 3.63) is 264 Å². The maximum atomic E-state index is 4.50. The van der Waals surface area contributed by atoms with Crippen molar-refractivity contribution in [2.24, 2.45) is 0 Å². The van der Waals surface area contributed by atoms with Crippen molar-refractivity contribution in [1.82, 2.24) is 0 Å². The molecule has 0 aliphatic carbocycles. The third-order valence-corrected chi connectivity index (χ3v) is 15.4. The van der Waals surface area contributed by atoms with Gasteiger partial charge in [0.15, 0.2) is 0 Å². The predicted molar refractivity (Wildman–Crippen MR) is 305 cm³/mol. The zero-order valence-corrected chi connectivity index (χ0v) is 40.2. The van der Waals surface area contributed by atoms with Gasteiger partial charge in [-0.15, -0.1) is 22.7 Å². The van der Waals surface area contributed by atoms with Crippen LogP contribution in [0, 0.1) is 0 Å². The van der Waals surface area contributed by atoms with Crippen LogP contribution in [0.5, 0.6) is 0 Å². The van der Waals surface area contributed by atoms with Gasteiger partial charge >= 0.3 is 0 Å². The fourth-order valence-corrected chi connectivity index (χ4v) is 11.9. The van der Waals surface area contributed by atoms with Crippen LogP contribution in [-0.2, 0) is 0 Å². The summed E-state index contributed by atoms with van der Waals surface area (Å²) >= 11 is 3.63. The Hall–Kier alpha value is -8.48. The first kappa shape index (κ1) is 42.8. The van der Waals surface area contributed by atoms with Crippen LogP contribution in [0.4, 0.5) is 45.5 Å². The summed E-state index contributed by atoms with van der Waals surface area (Å²) in [5.74, 6) is 0. The van der Waals surface area contributed by atoms with Crippen LogP contribution in [0.15, 0.2) is 254 Å². The monoisotopic (exact) mass is 933 g/mol. The van der Waals surface area contributed by atoms with Crippen molar-refractivity contribution in [3.8, 4) is 11.1 Å². The van der Waals surface area contributed by atoms with Gasteiger partial charge in [0.2, 0.25) is 0 Å². The highest BCUT2D eigenvalue weighted by Crippen LogP contribution is 2.44. The molecule has 12 rings (SSSR count). The first-order chi connectivity index (χ1) is 34.5. The zero-order valence-electron chi connectivity index (χ0n) is 38.6. The summed E-state index contributed by atoms with van der Waals surface area (Å²) < 4.78 is 4.94. The smallest absolute Gasteiger partial charge is 0.0540 e. The van der Waals surface area contributed by atoms with E-state index in [1.807, 2.05) is 11.3 Å². The lowest BCUT2D eigenvalue weighted by Crippen LogP contribution is -2.18. The molecule has 5 heteroatoms. The Bertz CT molecular complexity index is 3960. The molecule has 12 aromatic rings. The molecule has 0 bridgehead atoms. The van der Waals surface area contributed by atoms with E-state index in [9.17, 15) is 0 Å². The number of hydrogen-bond donors (Lipinski definition) is 0. The quantitative estimate of drug-likeness (QED) is 0.128. The van der Waals surface area contributed by atoms with Crippen LogP contribution in [0.2, 0.25) is 0 Å². The van der Waals surface area contributed by atoms with Gasteiger partial charge in [0, 0.05) is 80.3 Å². The number of allylic oxidation sites excluding steroid dienone is 2. The van der Waals surface area contributed by atoms with Crippen LogP contribution >= 0.6 is 22.7 Å². The number of hydrogen-bond acceptors (Lipinski definition) is 5. The molecule has 0 saturated carbocycles. The molecule has 70 heavy (non-hydrogen) atoms. The Morgan fingerprint density at radius 3 is 1.63 bits per heavy atom. The lowest BCUT2D eigenvalue weighted by molar-refractivity contribution is 1.15. The van der Waals surface area contributed by atoms with Gasteiger partial charge in [0.25, 0.3) is 0 Å². The number of nitrogens with zero attached hydrogens (tertiary/aromatic N) is 3. The van der Waals surface area contributed by atoms with Crippen molar-refractivity contribution >= 4 is 122 Å². The summed E-state index contributed by atoms with van der Waals surface area (Å²) in [5.41, 5.74) is 12.2. The average Bonchev–Trinajstić information content (AvgIpc) is 3.95. The highest BCUT2D eigenvalue weighted by molar-refractivity contribution is 7.25. The highest BCUT2D eigenvalue weighted by atomic mass is 32.1. The van der Waals surface area contributed by atoms with Crippen molar-refractivity contribution in [1.29, 1.82) is 0 Å². The van der Waals surface area contributed by atoms with Crippen molar-refractivity contribution in [3.63, 3.8) is 0 Å². The predicted octanol–water partition coefficient (Wildman–Crippen LogP) is 18.0. The molecule has 0 unspecified atom stereocenters. The molecule has 334 valence electrons. The van der Waals surface area contributed by atoms with Gasteiger partial charge in [-0.25, -0.2) is 0 Å². The van der Waals surface area contributed by atoms with Crippen molar-refractivity contribution in [2.45, 2.75) is 6.92 Å². The zero-order chi connectivity index (χ0) is 47.0. The molecule has 0 fully saturated rings.